The lowest BCUT2D eigenvalue weighted by molar-refractivity contribution is 0.307. The standard InChI is InChI=1S/C23H16BrClF2N2O/c24-22(15-2-4-18(26)5-3-15)19-9-14(1-6-20(19)27)13-29-7-8-30-21-11-17(25)10-16(12-28)23(21)29/h1-6,9-11,22H,7-8,13H2. The van der Waals surface area contributed by atoms with Gasteiger partial charge >= 0.3 is 0 Å². The summed E-state index contributed by atoms with van der Waals surface area (Å²) in [6, 6.07) is 16.4. The van der Waals surface area contributed by atoms with E-state index in [-0.39, 0.29) is 11.6 Å². The Labute approximate surface area is 186 Å². The summed E-state index contributed by atoms with van der Waals surface area (Å²) >= 11 is 9.62. The molecule has 0 amide bonds. The highest BCUT2D eigenvalue weighted by molar-refractivity contribution is 9.09. The first-order valence-electron chi connectivity index (χ1n) is 9.25. The Morgan fingerprint density at radius 2 is 1.90 bits per heavy atom. The van der Waals surface area contributed by atoms with Gasteiger partial charge in [-0.15, -0.1) is 0 Å². The Morgan fingerprint density at radius 1 is 1.13 bits per heavy atom. The zero-order chi connectivity index (χ0) is 21.3. The van der Waals surface area contributed by atoms with Crippen LogP contribution in [0.15, 0.2) is 54.6 Å². The summed E-state index contributed by atoms with van der Waals surface area (Å²) in [4.78, 5) is 1.62. The number of ether oxygens (including phenoxy) is 1. The second-order valence-corrected chi connectivity index (χ2v) is 8.30. The molecule has 0 saturated carbocycles. The van der Waals surface area contributed by atoms with Crippen LogP contribution in [0.1, 0.15) is 27.1 Å². The molecule has 152 valence electrons. The molecule has 3 aromatic carbocycles. The van der Waals surface area contributed by atoms with Gasteiger partial charge in [0.2, 0.25) is 0 Å². The lowest BCUT2D eigenvalue weighted by atomic mass is 10.0. The van der Waals surface area contributed by atoms with Crippen molar-refractivity contribution in [2.24, 2.45) is 0 Å². The summed E-state index contributed by atoms with van der Waals surface area (Å²) in [5.74, 6) is -0.124. The highest BCUT2D eigenvalue weighted by Crippen LogP contribution is 2.39. The number of halogens is 4. The molecular formula is C23H16BrClF2N2O. The first-order chi connectivity index (χ1) is 14.5. The predicted molar refractivity (Wildman–Crippen MR) is 116 cm³/mol. The molecule has 3 nitrogen and oxygen atoms in total. The van der Waals surface area contributed by atoms with E-state index >= 15 is 0 Å². The highest BCUT2D eigenvalue weighted by atomic mass is 79.9. The number of hydrogen-bond acceptors (Lipinski definition) is 3. The number of anilines is 1. The van der Waals surface area contributed by atoms with Crippen molar-refractivity contribution in [3.8, 4) is 11.8 Å². The van der Waals surface area contributed by atoms with Gasteiger partial charge in [0.1, 0.15) is 30.1 Å². The van der Waals surface area contributed by atoms with Crippen molar-refractivity contribution in [2.75, 3.05) is 18.1 Å². The third-order valence-corrected chi connectivity index (χ3v) is 6.20. The molecule has 0 radical (unpaired) electrons. The smallest absolute Gasteiger partial charge is 0.145 e. The Balaban J connectivity index is 1.65. The molecule has 0 N–H and O–H groups in total. The van der Waals surface area contributed by atoms with Crippen molar-refractivity contribution < 1.29 is 13.5 Å². The van der Waals surface area contributed by atoms with Crippen LogP contribution in [0.5, 0.6) is 5.75 Å². The maximum Gasteiger partial charge on any atom is 0.145 e. The number of rotatable bonds is 4. The monoisotopic (exact) mass is 488 g/mol. The number of nitrogens with zero attached hydrogens (tertiary/aromatic N) is 2. The van der Waals surface area contributed by atoms with Gasteiger partial charge in [0.25, 0.3) is 0 Å². The van der Waals surface area contributed by atoms with Gasteiger partial charge in [-0.3, -0.25) is 0 Å². The summed E-state index contributed by atoms with van der Waals surface area (Å²) in [7, 11) is 0. The van der Waals surface area contributed by atoms with Crippen molar-refractivity contribution in [3.63, 3.8) is 0 Å². The van der Waals surface area contributed by atoms with Gasteiger partial charge in [-0.2, -0.15) is 5.26 Å². The van der Waals surface area contributed by atoms with Crippen molar-refractivity contribution in [2.45, 2.75) is 11.4 Å². The number of fused-ring (bicyclic) bond motifs is 1. The van der Waals surface area contributed by atoms with E-state index in [2.05, 4.69) is 22.0 Å². The van der Waals surface area contributed by atoms with E-state index in [9.17, 15) is 14.0 Å². The third-order valence-electron chi connectivity index (χ3n) is 4.96. The molecule has 7 heteroatoms. The maximum absolute atomic E-state index is 14.6. The molecule has 4 rings (SSSR count). The van der Waals surface area contributed by atoms with Crippen LogP contribution in [-0.2, 0) is 6.54 Å². The van der Waals surface area contributed by atoms with E-state index in [1.54, 1.807) is 36.4 Å². The topological polar surface area (TPSA) is 36.3 Å². The largest absolute Gasteiger partial charge is 0.489 e. The fourth-order valence-electron chi connectivity index (χ4n) is 3.55. The molecule has 1 aliphatic rings. The quantitative estimate of drug-likeness (QED) is 0.399. The Kier molecular flexibility index (Phi) is 5.94. The van der Waals surface area contributed by atoms with Crippen LogP contribution < -0.4 is 9.64 Å². The van der Waals surface area contributed by atoms with E-state index < -0.39 is 4.83 Å². The van der Waals surface area contributed by atoms with Gasteiger partial charge in [-0.25, -0.2) is 8.78 Å². The Hall–Kier alpha value is -2.62. The van der Waals surface area contributed by atoms with Crippen LogP contribution in [0.2, 0.25) is 5.02 Å². The van der Waals surface area contributed by atoms with E-state index in [1.807, 2.05) is 4.90 Å². The molecule has 0 bridgehead atoms. The molecule has 0 fully saturated rings. The second kappa shape index (κ2) is 8.63. The summed E-state index contributed by atoms with van der Waals surface area (Å²) < 4.78 is 33.5. The zero-order valence-corrected chi connectivity index (χ0v) is 18.1. The van der Waals surface area contributed by atoms with Gasteiger partial charge in [0, 0.05) is 23.2 Å². The molecule has 30 heavy (non-hydrogen) atoms. The zero-order valence-electron chi connectivity index (χ0n) is 15.7. The molecule has 3 aromatic rings. The number of nitriles is 1. The van der Waals surface area contributed by atoms with Crippen molar-refractivity contribution in [1.82, 2.24) is 0 Å². The van der Waals surface area contributed by atoms with E-state index in [4.69, 9.17) is 16.3 Å². The van der Waals surface area contributed by atoms with Crippen LogP contribution in [0.25, 0.3) is 0 Å². The average Bonchev–Trinajstić information content (AvgIpc) is 2.74. The van der Waals surface area contributed by atoms with Crippen molar-refractivity contribution >= 4 is 33.2 Å². The molecule has 1 atom stereocenters. The normalized spacial score (nSPS) is 13.9. The number of alkyl halides is 1. The minimum Gasteiger partial charge on any atom is -0.489 e. The maximum atomic E-state index is 14.6. The van der Waals surface area contributed by atoms with Gasteiger partial charge < -0.3 is 9.64 Å². The summed E-state index contributed by atoms with van der Waals surface area (Å²) in [5, 5.41) is 9.97. The molecule has 0 aromatic heterocycles. The fraction of sp³-hybridized carbons (Fsp3) is 0.174. The van der Waals surface area contributed by atoms with E-state index in [0.717, 1.165) is 11.1 Å². The number of hydrogen-bond donors (Lipinski definition) is 0. The lowest BCUT2D eigenvalue weighted by Gasteiger charge is -2.32. The summed E-state index contributed by atoms with van der Waals surface area (Å²) in [6.45, 7) is 1.53. The molecular weight excluding hydrogens is 474 g/mol. The first-order valence-corrected chi connectivity index (χ1v) is 10.5. The average molecular weight is 490 g/mol. The molecule has 1 heterocycles. The van der Waals surface area contributed by atoms with Gasteiger partial charge in [-0.1, -0.05) is 45.7 Å². The highest BCUT2D eigenvalue weighted by Gasteiger charge is 2.24. The molecule has 1 aliphatic heterocycles. The van der Waals surface area contributed by atoms with Crippen LogP contribution in [0.4, 0.5) is 14.5 Å². The minimum absolute atomic E-state index is 0.341. The predicted octanol–water partition coefficient (Wildman–Crippen LogP) is 6.37. The van der Waals surface area contributed by atoms with Crippen molar-refractivity contribution in [1.29, 1.82) is 5.26 Å². The van der Waals surface area contributed by atoms with Gasteiger partial charge in [-0.05, 0) is 41.5 Å². The van der Waals surface area contributed by atoms with Crippen molar-refractivity contribution in [3.05, 3.63) is 93.5 Å². The molecule has 0 saturated heterocycles. The summed E-state index contributed by atoms with van der Waals surface area (Å²) in [5.41, 5.74) is 3.22. The van der Waals surface area contributed by atoms with E-state index in [0.29, 0.717) is 47.3 Å². The van der Waals surface area contributed by atoms with Crippen LogP contribution >= 0.6 is 27.5 Å². The van der Waals surface area contributed by atoms with Gasteiger partial charge in [0.15, 0.2) is 0 Å². The van der Waals surface area contributed by atoms with Crippen LogP contribution in [-0.4, -0.2) is 13.2 Å². The van der Waals surface area contributed by atoms with Crippen LogP contribution in [0, 0.1) is 23.0 Å². The molecule has 1 unspecified atom stereocenters. The lowest BCUT2D eigenvalue weighted by Crippen LogP contribution is -2.33. The Bertz CT molecular complexity index is 1130. The van der Waals surface area contributed by atoms with E-state index in [1.165, 1.54) is 18.2 Å². The van der Waals surface area contributed by atoms with Crippen LogP contribution in [0.3, 0.4) is 0 Å². The Morgan fingerprint density at radius 3 is 2.63 bits per heavy atom. The fourth-order valence-corrected chi connectivity index (χ4v) is 4.41. The van der Waals surface area contributed by atoms with Gasteiger partial charge in [0.05, 0.1) is 22.6 Å². The second-order valence-electron chi connectivity index (χ2n) is 6.95. The molecule has 0 spiro atoms. The SMILES string of the molecule is N#Cc1cc(Cl)cc2c1N(Cc1ccc(F)c(C(Br)c3ccc(F)cc3)c1)CCO2. The third kappa shape index (κ3) is 4.14. The molecule has 0 aliphatic carbocycles. The summed E-state index contributed by atoms with van der Waals surface area (Å²) in [6.07, 6.45) is 0. The first kappa shape index (κ1) is 20.6. The number of benzene rings is 3. The minimum atomic E-state index is -0.413.